The molecule has 1 unspecified atom stereocenters. The lowest BCUT2D eigenvalue weighted by molar-refractivity contribution is -0.144. The normalized spacial score (nSPS) is 20.0. The lowest BCUT2D eigenvalue weighted by atomic mass is 10.0. The molecule has 0 bridgehead atoms. The van der Waals surface area contributed by atoms with Gasteiger partial charge in [0.15, 0.2) is 0 Å². The number of piperazine rings is 1. The molecule has 110 valence electrons. The summed E-state index contributed by atoms with van der Waals surface area (Å²) in [6.45, 7) is 8.35. The van der Waals surface area contributed by atoms with Gasteiger partial charge in [-0.3, -0.25) is 9.59 Å². The number of hydrogen-bond acceptors (Lipinski definition) is 3. The number of nitrogens with zero attached hydrogens (tertiary/aromatic N) is 1. The molecule has 5 nitrogen and oxygen atoms in total. The number of carbonyl (C=O) groups excluding carboxylic acids is 2. The predicted molar refractivity (Wildman–Crippen MR) is 73.7 cm³/mol. The molecule has 19 heavy (non-hydrogen) atoms. The maximum atomic E-state index is 12.2. The van der Waals surface area contributed by atoms with Crippen molar-refractivity contribution in [1.29, 1.82) is 0 Å². The molecule has 0 aromatic rings. The van der Waals surface area contributed by atoms with Crippen LogP contribution in [0, 0.1) is 5.92 Å². The summed E-state index contributed by atoms with van der Waals surface area (Å²) in [4.78, 5) is 25.5. The van der Waals surface area contributed by atoms with Crippen LogP contribution in [-0.4, -0.2) is 49.1 Å². The lowest BCUT2D eigenvalue weighted by Crippen LogP contribution is -2.58. The van der Waals surface area contributed by atoms with E-state index in [1.807, 2.05) is 0 Å². The maximum absolute atomic E-state index is 12.2. The molecule has 1 aliphatic heterocycles. The highest BCUT2D eigenvalue weighted by atomic mass is 16.5. The van der Waals surface area contributed by atoms with Crippen molar-refractivity contribution in [2.75, 3.05) is 26.3 Å². The van der Waals surface area contributed by atoms with Gasteiger partial charge in [-0.15, -0.1) is 0 Å². The van der Waals surface area contributed by atoms with Crippen molar-refractivity contribution in [3.05, 3.63) is 0 Å². The quantitative estimate of drug-likeness (QED) is 0.674. The fourth-order valence-electron chi connectivity index (χ4n) is 2.20. The van der Waals surface area contributed by atoms with Gasteiger partial charge >= 0.3 is 0 Å². The fraction of sp³-hybridized carbons (Fsp3) is 0.857. The van der Waals surface area contributed by atoms with Gasteiger partial charge in [-0.05, 0) is 25.2 Å². The minimum atomic E-state index is -0.349. The van der Waals surface area contributed by atoms with Crippen LogP contribution in [0.5, 0.6) is 0 Å². The highest BCUT2D eigenvalue weighted by Gasteiger charge is 2.32. The molecule has 0 aromatic carbocycles. The Morgan fingerprint density at radius 3 is 2.74 bits per heavy atom. The second-order valence-corrected chi connectivity index (χ2v) is 5.48. The largest absolute Gasteiger partial charge is 0.381 e. The maximum Gasteiger partial charge on any atom is 0.245 e. The Kier molecular flexibility index (Phi) is 6.84. The Labute approximate surface area is 115 Å². The molecule has 1 aliphatic rings. The highest BCUT2D eigenvalue weighted by molar-refractivity contribution is 5.94. The average molecular weight is 270 g/mol. The van der Waals surface area contributed by atoms with Gasteiger partial charge in [-0.1, -0.05) is 20.8 Å². The zero-order valence-electron chi connectivity index (χ0n) is 12.3. The highest BCUT2D eigenvalue weighted by Crippen LogP contribution is 2.11. The van der Waals surface area contributed by atoms with Gasteiger partial charge in [0.2, 0.25) is 11.8 Å². The number of amides is 2. The molecule has 0 aromatic heterocycles. The molecule has 0 aliphatic carbocycles. The molecule has 2 amide bonds. The number of hydrogen-bond donors (Lipinski definition) is 1. The fourth-order valence-corrected chi connectivity index (χ4v) is 2.20. The minimum absolute atomic E-state index is 0.0452. The number of carbonyl (C=O) groups is 2. The molecule has 0 saturated carbocycles. The van der Waals surface area contributed by atoms with Crippen molar-refractivity contribution >= 4 is 11.8 Å². The van der Waals surface area contributed by atoms with Crippen LogP contribution in [0.2, 0.25) is 0 Å². The first-order valence-electron chi connectivity index (χ1n) is 7.20. The van der Waals surface area contributed by atoms with Crippen molar-refractivity contribution in [2.24, 2.45) is 5.92 Å². The lowest BCUT2D eigenvalue weighted by Gasteiger charge is -2.33. The van der Waals surface area contributed by atoms with Crippen LogP contribution in [0.4, 0.5) is 0 Å². The third-order valence-electron chi connectivity index (χ3n) is 3.05. The van der Waals surface area contributed by atoms with E-state index in [2.05, 4.69) is 26.1 Å². The van der Waals surface area contributed by atoms with Crippen LogP contribution in [0.15, 0.2) is 0 Å². The summed E-state index contributed by atoms with van der Waals surface area (Å²) >= 11 is 0. The third kappa shape index (κ3) is 5.59. The van der Waals surface area contributed by atoms with Gasteiger partial charge < -0.3 is 15.0 Å². The van der Waals surface area contributed by atoms with Gasteiger partial charge in [-0.2, -0.15) is 0 Å². The van der Waals surface area contributed by atoms with Crippen LogP contribution < -0.4 is 5.32 Å². The molecule has 0 spiro atoms. The van der Waals surface area contributed by atoms with Crippen molar-refractivity contribution in [3.63, 3.8) is 0 Å². The van der Waals surface area contributed by atoms with Crippen molar-refractivity contribution in [3.8, 4) is 0 Å². The first-order valence-corrected chi connectivity index (χ1v) is 7.20. The molecular formula is C14H26N2O3. The zero-order valence-corrected chi connectivity index (χ0v) is 12.3. The van der Waals surface area contributed by atoms with E-state index in [4.69, 9.17) is 4.74 Å². The van der Waals surface area contributed by atoms with E-state index in [0.717, 1.165) is 19.4 Å². The first kappa shape index (κ1) is 16.0. The summed E-state index contributed by atoms with van der Waals surface area (Å²) in [5.41, 5.74) is 0. The van der Waals surface area contributed by atoms with E-state index >= 15 is 0 Å². The standard InChI is InChI=1S/C14H26N2O3/c1-4-7-19-8-5-6-16-10-13(17)15-12(14(16)18)9-11(2)3/h11-12H,4-10H2,1-3H3,(H,15,17). The zero-order chi connectivity index (χ0) is 14.3. The summed E-state index contributed by atoms with van der Waals surface area (Å²) in [6.07, 6.45) is 2.49. The molecule has 1 saturated heterocycles. The average Bonchev–Trinajstić information content (AvgIpc) is 2.33. The van der Waals surface area contributed by atoms with Crippen molar-refractivity contribution < 1.29 is 14.3 Å². The van der Waals surface area contributed by atoms with Gasteiger partial charge in [0.05, 0.1) is 6.54 Å². The molecule has 0 radical (unpaired) electrons. The monoisotopic (exact) mass is 270 g/mol. The van der Waals surface area contributed by atoms with Gasteiger partial charge in [0.25, 0.3) is 0 Å². The van der Waals surface area contributed by atoms with Crippen LogP contribution in [0.3, 0.4) is 0 Å². The SMILES string of the molecule is CCCOCCCN1CC(=O)NC(CC(C)C)C1=O. The van der Waals surface area contributed by atoms with E-state index in [-0.39, 0.29) is 24.4 Å². The molecule has 1 heterocycles. The summed E-state index contributed by atoms with van der Waals surface area (Å²) in [7, 11) is 0. The van der Waals surface area contributed by atoms with E-state index in [1.165, 1.54) is 0 Å². The van der Waals surface area contributed by atoms with Crippen molar-refractivity contribution in [1.82, 2.24) is 10.2 Å². The molecule has 5 heteroatoms. The molecular weight excluding hydrogens is 244 g/mol. The van der Waals surface area contributed by atoms with Crippen LogP contribution in [0.25, 0.3) is 0 Å². The number of ether oxygens (including phenoxy) is 1. The van der Waals surface area contributed by atoms with Crippen LogP contribution in [0.1, 0.15) is 40.0 Å². The minimum Gasteiger partial charge on any atom is -0.381 e. The Hall–Kier alpha value is -1.10. The Bertz CT molecular complexity index is 305. The smallest absolute Gasteiger partial charge is 0.245 e. The third-order valence-corrected chi connectivity index (χ3v) is 3.05. The Morgan fingerprint density at radius 2 is 2.11 bits per heavy atom. The predicted octanol–water partition coefficient (Wildman–Crippen LogP) is 1.18. The van der Waals surface area contributed by atoms with E-state index in [0.29, 0.717) is 25.5 Å². The topological polar surface area (TPSA) is 58.6 Å². The molecule has 1 atom stereocenters. The summed E-state index contributed by atoms with van der Waals surface area (Å²) in [5.74, 6) is 0.380. The Balaban J connectivity index is 2.39. The molecule has 1 rings (SSSR count). The summed E-state index contributed by atoms with van der Waals surface area (Å²) in [6, 6.07) is -0.349. The molecule has 1 fully saturated rings. The molecule has 1 N–H and O–H groups in total. The Morgan fingerprint density at radius 1 is 1.37 bits per heavy atom. The summed E-state index contributed by atoms with van der Waals surface area (Å²) < 4.78 is 5.39. The van der Waals surface area contributed by atoms with Gasteiger partial charge in [0, 0.05) is 19.8 Å². The van der Waals surface area contributed by atoms with Crippen LogP contribution >= 0.6 is 0 Å². The van der Waals surface area contributed by atoms with E-state index in [9.17, 15) is 9.59 Å². The second kappa shape index (κ2) is 8.15. The van der Waals surface area contributed by atoms with Crippen molar-refractivity contribution in [2.45, 2.75) is 46.1 Å². The first-order chi connectivity index (χ1) is 9.04. The van der Waals surface area contributed by atoms with E-state index < -0.39 is 0 Å². The van der Waals surface area contributed by atoms with Gasteiger partial charge in [0.1, 0.15) is 6.04 Å². The van der Waals surface area contributed by atoms with Gasteiger partial charge in [-0.25, -0.2) is 0 Å². The van der Waals surface area contributed by atoms with E-state index in [1.54, 1.807) is 4.90 Å². The summed E-state index contributed by atoms with van der Waals surface area (Å²) in [5, 5.41) is 2.78. The number of rotatable bonds is 8. The second-order valence-electron chi connectivity index (χ2n) is 5.48. The van der Waals surface area contributed by atoms with Crippen LogP contribution in [-0.2, 0) is 14.3 Å². The number of nitrogens with one attached hydrogen (secondary N) is 1.